The Balaban J connectivity index is 1.85. The van der Waals surface area contributed by atoms with Gasteiger partial charge in [-0.3, -0.25) is 4.79 Å². The fourth-order valence-electron chi connectivity index (χ4n) is 1.93. The molecule has 108 valence electrons. The van der Waals surface area contributed by atoms with Crippen molar-refractivity contribution in [3.8, 4) is 0 Å². The molecule has 0 saturated heterocycles. The summed E-state index contributed by atoms with van der Waals surface area (Å²) in [6, 6.07) is 7.62. The van der Waals surface area contributed by atoms with E-state index in [1.54, 1.807) is 13.2 Å². The molecule has 1 aromatic heterocycles. The van der Waals surface area contributed by atoms with Gasteiger partial charge in [-0.1, -0.05) is 11.6 Å². The van der Waals surface area contributed by atoms with E-state index in [1.807, 2.05) is 25.1 Å². The Morgan fingerprint density at radius 2 is 2.10 bits per heavy atom. The van der Waals surface area contributed by atoms with Gasteiger partial charge in [0.05, 0.1) is 6.61 Å². The van der Waals surface area contributed by atoms with Crippen LogP contribution in [-0.2, 0) is 4.74 Å². The maximum absolute atomic E-state index is 11.9. The van der Waals surface area contributed by atoms with E-state index in [-0.39, 0.29) is 5.91 Å². The minimum atomic E-state index is -0.188. The first-order valence-corrected chi connectivity index (χ1v) is 6.69. The summed E-state index contributed by atoms with van der Waals surface area (Å²) in [7, 11) is 1.66. The van der Waals surface area contributed by atoms with E-state index in [2.05, 4.69) is 10.6 Å². The fraction of sp³-hybridized carbons (Fsp3) is 0.400. The molecule has 5 heteroatoms. The lowest BCUT2D eigenvalue weighted by atomic mass is 10.2. The van der Waals surface area contributed by atoms with Crippen molar-refractivity contribution in [3.05, 3.63) is 35.6 Å². The van der Waals surface area contributed by atoms with E-state index < -0.39 is 0 Å². The Morgan fingerprint density at radius 1 is 1.25 bits per heavy atom. The highest BCUT2D eigenvalue weighted by atomic mass is 16.5. The third kappa shape index (κ3) is 3.82. The SMILES string of the molecule is COCCNCCNC(=O)c1cc2cc(C)ccc2o1. The third-order valence-electron chi connectivity index (χ3n) is 2.97. The molecule has 1 amide bonds. The minimum absolute atomic E-state index is 0.188. The van der Waals surface area contributed by atoms with Gasteiger partial charge in [0.1, 0.15) is 5.58 Å². The van der Waals surface area contributed by atoms with E-state index in [1.165, 1.54) is 0 Å². The average Bonchev–Trinajstić information content (AvgIpc) is 2.85. The van der Waals surface area contributed by atoms with Gasteiger partial charge in [-0.2, -0.15) is 0 Å². The molecule has 20 heavy (non-hydrogen) atoms. The van der Waals surface area contributed by atoms with Gasteiger partial charge in [0.2, 0.25) is 0 Å². The number of fused-ring (bicyclic) bond motifs is 1. The lowest BCUT2D eigenvalue weighted by Gasteiger charge is -2.04. The summed E-state index contributed by atoms with van der Waals surface area (Å²) in [6.45, 7) is 4.71. The number of nitrogens with one attached hydrogen (secondary N) is 2. The predicted molar refractivity (Wildman–Crippen MR) is 78.0 cm³/mol. The van der Waals surface area contributed by atoms with Crippen LogP contribution in [0.15, 0.2) is 28.7 Å². The number of amides is 1. The maximum Gasteiger partial charge on any atom is 0.287 e. The van der Waals surface area contributed by atoms with E-state index in [0.29, 0.717) is 25.5 Å². The van der Waals surface area contributed by atoms with E-state index in [9.17, 15) is 4.79 Å². The zero-order valence-electron chi connectivity index (χ0n) is 11.9. The lowest BCUT2D eigenvalue weighted by Crippen LogP contribution is -2.32. The van der Waals surface area contributed by atoms with Crippen molar-refractivity contribution >= 4 is 16.9 Å². The van der Waals surface area contributed by atoms with Crippen molar-refractivity contribution in [1.29, 1.82) is 0 Å². The maximum atomic E-state index is 11.9. The number of benzene rings is 1. The molecule has 0 aliphatic carbocycles. The molecule has 0 spiro atoms. The first-order valence-electron chi connectivity index (χ1n) is 6.69. The Morgan fingerprint density at radius 3 is 2.90 bits per heavy atom. The molecule has 0 atom stereocenters. The molecule has 0 radical (unpaired) electrons. The second-order valence-corrected chi connectivity index (χ2v) is 4.65. The van der Waals surface area contributed by atoms with Crippen molar-refractivity contribution in [3.63, 3.8) is 0 Å². The van der Waals surface area contributed by atoms with E-state index in [0.717, 1.165) is 23.1 Å². The van der Waals surface area contributed by atoms with Crippen molar-refractivity contribution in [1.82, 2.24) is 10.6 Å². The highest BCUT2D eigenvalue weighted by Crippen LogP contribution is 2.20. The molecule has 2 N–H and O–H groups in total. The van der Waals surface area contributed by atoms with Crippen LogP contribution in [0.4, 0.5) is 0 Å². The zero-order valence-corrected chi connectivity index (χ0v) is 11.9. The number of hydrogen-bond acceptors (Lipinski definition) is 4. The molecule has 0 unspecified atom stereocenters. The second kappa shape index (κ2) is 7.07. The van der Waals surface area contributed by atoms with Gasteiger partial charge in [0.15, 0.2) is 5.76 Å². The first kappa shape index (κ1) is 14.6. The Kier molecular flexibility index (Phi) is 5.15. The number of aryl methyl sites for hydroxylation is 1. The molecule has 2 aromatic rings. The van der Waals surface area contributed by atoms with E-state index in [4.69, 9.17) is 9.15 Å². The smallest absolute Gasteiger partial charge is 0.287 e. The number of furan rings is 1. The van der Waals surface area contributed by atoms with Crippen LogP contribution < -0.4 is 10.6 Å². The molecule has 2 rings (SSSR count). The standard InChI is InChI=1S/C15H20N2O3/c1-11-3-4-13-12(9-11)10-14(20-13)15(18)17-6-5-16-7-8-19-2/h3-4,9-10,16H,5-8H2,1-2H3,(H,17,18). The molecular formula is C15H20N2O3. The molecule has 0 bridgehead atoms. The Bertz CT molecular complexity index is 578. The average molecular weight is 276 g/mol. The number of carbonyl (C=O) groups excluding carboxylic acids is 1. The molecular weight excluding hydrogens is 256 g/mol. The summed E-state index contributed by atoms with van der Waals surface area (Å²) in [4.78, 5) is 11.9. The van der Waals surface area contributed by atoms with Crippen LogP contribution in [0.1, 0.15) is 16.1 Å². The quantitative estimate of drug-likeness (QED) is 0.756. The molecule has 0 aliphatic heterocycles. The molecule has 1 heterocycles. The number of hydrogen-bond donors (Lipinski definition) is 2. The summed E-state index contributed by atoms with van der Waals surface area (Å²) < 4.78 is 10.4. The van der Waals surface area contributed by atoms with Crippen molar-refractivity contribution < 1.29 is 13.9 Å². The molecule has 0 aliphatic rings. The van der Waals surface area contributed by atoms with Crippen molar-refractivity contribution in [2.45, 2.75) is 6.92 Å². The van der Waals surface area contributed by atoms with Crippen molar-refractivity contribution in [2.24, 2.45) is 0 Å². The highest BCUT2D eigenvalue weighted by Gasteiger charge is 2.11. The normalized spacial score (nSPS) is 10.9. The predicted octanol–water partition coefficient (Wildman–Crippen LogP) is 1.71. The van der Waals surface area contributed by atoms with E-state index >= 15 is 0 Å². The number of ether oxygens (including phenoxy) is 1. The minimum Gasteiger partial charge on any atom is -0.451 e. The van der Waals surface area contributed by atoms with Gasteiger partial charge in [0.25, 0.3) is 5.91 Å². The van der Waals surface area contributed by atoms with Crippen LogP contribution in [0.25, 0.3) is 11.0 Å². The largest absolute Gasteiger partial charge is 0.451 e. The van der Waals surface area contributed by atoms with Gasteiger partial charge in [-0.25, -0.2) is 0 Å². The Labute approximate surface area is 118 Å². The molecule has 0 saturated carbocycles. The molecule has 0 fully saturated rings. The molecule has 1 aromatic carbocycles. The second-order valence-electron chi connectivity index (χ2n) is 4.65. The topological polar surface area (TPSA) is 63.5 Å². The summed E-state index contributed by atoms with van der Waals surface area (Å²) >= 11 is 0. The molecule has 5 nitrogen and oxygen atoms in total. The third-order valence-corrected chi connectivity index (χ3v) is 2.97. The van der Waals surface area contributed by atoms with Gasteiger partial charge in [-0.15, -0.1) is 0 Å². The van der Waals surface area contributed by atoms with Crippen LogP contribution >= 0.6 is 0 Å². The highest BCUT2D eigenvalue weighted by molar-refractivity contribution is 5.96. The number of carbonyl (C=O) groups is 1. The zero-order chi connectivity index (χ0) is 14.4. The summed E-state index contributed by atoms with van der Waals surface area (Å²) in [6.07, 6.45) is 0. The van der Waals surface area contributed by atoms with Crippen LogP contribution in [0, 0.1) is 6.92 Å². The monoisotopic (exact) mass is 276 g/mol. The number of methoxy groups -OCH3 is 1. The van der Waals surface area contributed by atoms with Gasteiger partial charge in [0, 0.05) is 32.1 Å². The van der Waals surface area contributed by atoms with Crippen LogP contribution in [0.5, 0.6) is 0 Å². The summed E-state index contributed by atoms with van der Waals surface area (Å²) in [5.74, 6) is 0.162. The van der Waals surface area contributed by atoms with Crippen molar-refractivity contribution in [2.75, 3.05) is 33.4 Å². The summed E-state index contributed by atoms with van der Waals surface area (Å²) in [5, 5.41) is 6.92. The van der Waals surface area contributed by atoms with Crippen LogP contribution in [-0.4, -0.2) is 39.3 Å². The first-order chi connectivity index (χ1) is 9.70. The van der Waals surface area contributed by atoms with Gasteiger partial charge in [-0.05, 0) is 25.1 Å². The van der Waals surface area contributed by atoms with Gasteiger partial charge >= 0.3 is 0 Å². The fourth-order valence-corrected chi connectivity index (χ4v) is 1.93. The number of rotatable bonds is 7. The summed E-state index contributed by atoms with van der Waals surface area (Å²) in [5.41, 5.74) is 1.88. The Hall–Kier alpha value is -1.85. The van der Waals surface area contributed by atoms with Gasteiger partial charge < -0.3 is 19.8 Å². The lowest BCUT2D eigenvalue weighted by molar-refractivity contribution is 0.0928. The van der Waals surface area contributed by atoms with Crippen LogP contribution in [0.3, 0.4) is 0 Å². The van der Waals surface area contributed by atoms with Crippen LogP contribution in [0.2, 0.25) is 0 Å².